The first kappa shape index (κ1) is 14.8. The number of hydrogen-bond acceptors (Lipinski definition) is 4. The molecule has 0 bridgehead atoms. The number of carboxylic acids is 1. The number of halogens is 1. The van der Waals surface area contributed by atoms with Gasteiger partial charge in [-0.1, -0.05) is 11.6 Å². The van der Waals surface area contributed by atoms with Crippen LogP contribution in [-0.4, -0.2) is 54.6 Å². The molecule has 1 amide bonds. The lowest BCUT2D eigenvalue weighted by atomic mass is 10.2. The first-order valence-electron chi connectivity index (χ1n) is 6.32. The van der Waals surface area contributed by atoms with Crippen LogP contribution in [0.4, 0.5) is 5.69 Å². The van der Waals surface area contributed by atoms with Crippen molar-refractivity contribution in [1.29, 1.82) is 0 Å². The molecule has 108 valence electrons. The van der Waals surface area contributed by atoms with Crippen LogP contribution < -0.4 is 10.6 Å². The molecule has 0 aromatic heterocycles. The summed E-state index contributed by atoms with van der Waals surface area (Å²) in [6.45, 7) is 3.76. The van der Waals surface area contributed by atoms with E-state index >= 15 is 0 Å². The molecule has 0 spiro atoms. The van der Waals surface area contributed by atoms with Gasteiger partial charge in [0.1, 0.15) is 0 Å². The minimum absolute atomic E-state index is 0.0202. The largest absolute Gasteiger partial charge is 0.478 e. The third kappa shape index (κ3) is 3.93. The molecule has 1 saturated heterocycles. The number of benzene rings is 1. The molecule has 6 nitrogen and oxygen atoms in total. The number of nitrogens with one attached hydrogen (secondary N) is 2. The summed E-state index contributed by atoms with van der Waals surface area (Å²) in [5, 5.41) is 14.9. The highest BCUT2D eigenvalue weighted by atomic mass is 35.5. The SMILES string of the molecule is O=C(CN1CCNCC1)Nc1ccc(C(=O)O)c(Cl)c1. The second kappa shape index (κ2) is 6.69. The first-order valence-corrected chi connectivity index (χ1v) is 6.70. The highest BCUT2D eigenvalue weighted by Crippen LogP contribution is 2.21. The molecular formula is C13H16ClN3O3. The lowest BCUT2D eigenvalue weighted by molar-refractivity contribution is -0.117. The smallest absolute Gasteiger partial charge is 0.337 e. The minimum atomic E-state index is -1.09. The van der Waals surface area contributed by atoms with Gasteiger partial charge in [0.05, 0.1) is 17.1 Å². The number of rotatable bonds is 4. The van der Waals surface area contributed by atoms with Gasteiger partial charge in [0, 0.05) is 31.9 Å². The van der Waals surface area contributed by atoms with Crippen LogP contribution in [0.1, 0.15) is 10.4 Å². The second-order valence-electron chi connectivity index (χ2n) is 4.57. The van der Waals surface area contributed by atoms with Gasteiger partial charge in [-0.25, -0.2) is 4.79 Å². The van der Waals surface area contributed by atoms with Gasteiger partial charge in [-0.05, 0) is 18.2 Å². The van der Waals surface area contributed by atoms with E-state index in [0.29, 0.717) is 12.2 Å². The topological polar surface area (TPSA) is 81.7 Å². The third-order valence-corrected chi connectivity index (χ3v) is 3.37. The van der Waals surface area contributed by atoms with Gasteiger partial charge < -0.3 is 15.7 Å². The molecule has 0 saturated carbocycles. The number of piperazine rings is 1. The Labute approximate surface area is 121 Å². The Morgan fingerprint density at radius 3 is 2.65 bits per heavy atom. The van der Waals surface area contributed by atoms with E-state index in [1.165, 1.54) is 18.2 Å². The fourth-order valence-corrected chi connectivity index (χ4v) is 2.30. The van der Waals surface area contributed by atoms with Crippen LogP contribution >= 0.6 is 11.6 Å². The number of carboxylic acid groups (broad SMARTS) is 1. The van der Waals surface area contributed by atoms with E-state index in [0.717, 1.165) is 26.2 Å². The Balaban J connectivity index is 1.93. The fourth-order valence-electron chi connectivity index (χ4n) is 2.04. The van der Waals surface area contributed by atoms with Gasteiger partial charge in [-0.2, -0.15) is 0 Å². The van der Waals surface area contributed by atoms with Crippen molar-refractivity contribution in [2.75, 3.05) is 38.0 Å². The maximum Gasteiger partial charge on any atom is 0.337 e. The van der Waals surface area contributed by atoms with Crippen LogP contribution in [0.5, 0.6) is 0 Å². The zero-order valence-corrected chi connectivity index (χ0v) is 11.6. The standard InChI is InChI=1S/C13H16ClN3O3/c14-11-7-9(1-2-10(11)13(19)20)16-12(18)8-17-5-3-15-4-6-17/h1-2,7,15H,3-6,8H2,(H,16,18)(H,19,20). The van der Waals surface area contributed by atoms with E-state index < -0.39 is 5.97 Å². The van der Waals surface area contributed by atoms with E-state index in [2.05, 4.69) is 15.5 Å². The lowest BCUT2D eigenvalue weighted by Gasteiger charge is -2.26. The maximum absolute atomic E-state index is 11.9. The Bertz CT molecular complexity index is 516. The summed E-state index contributed by atoms with van der Waals surface area (Å²) in [5.74, 6) is -1.22. The zero-order chi connectivity index (χ0) is 14.5. The normalized spacial score (nSPS) is 15.8. The molecule has 0 radical (unpaired) electrons. The van der Waals surface area contributed by atoms with Crippen LogP contribution in [-0.2, 0) is 4.79 Å². The summed E-state index contributed by atoms with van der Waals surface area (Å²) in [4.78, 5) is 24.8. The molecule has 1 fully saturated rings. The van der Waals surface area contributed by atoms with Crippen molar-refractivity contribution in [2.24, 2.45) is 0 Å². The van der Waals surface area contributed by atoms with Crippen molar-refractivity contribution >= 4 is 29.2 Å². The van der Waals surface area contributed by atoms with Gasteiger partial charge in [-0.15, -0.1) is 0 Å². The van der Waals surface area contributed by atoms with E-state index in [1.54, 1.807) is 0 Å². The molecule has 2 rings (SSSR count). The van der Waals surface area contributed by atoms with Crippen molar-refractivity contribution in [2.45, 2.75) is 0 Å². The van der Waals surface area contributed by atoms with Crippen LogP contribution in [0.15, 0.2) is 18.2 Å². The molecule has 20 heavy (non-hydrogen) atoms. The van der Waals surface area contributed by atoms with Crippen LogP contribution in [0, 0.1) is 0 Å². The molecule has 3 N–H and O–H groups in total. The highest BCUT2D eigenvalue weighted by Gasteiger charge is 2.14. The number of amides is 1. The Kier molecular flexibility index (Phi) is 4.94. The molecule has 1 aromatic carbocycles. The maximum atomic E-state index is 11.9. The van der Waals surface area contributed by atoms with Crippen molar-refractivity contribution in [3.05, 3.63) is 28.8 Å². The second-order valence-corrected chi connectivity index (χ2v) is 4.98. The summed E-state index contributed by atoms with van der Waals surface area (Å²) in [5.41, 5.74) is 0.520. The van der Waals surface area contributed by atoms with Gasteiger partial charge in [-0.3, -0.25) is 9.69 Å². The Morgan fingerprint density at radius 1 is 1.35 bits per heavy atom. The van der Waals surface area contributed by atoms with Crippen molar-refractivity contribution in [1.82, 2.24) is 10.2 Å². The molecule has 1 aliphatic heterocycles. The molecule has 1 heterocycles. The monoisotopic (exact) mass is 297 g/mol. The van der Waals surface area contributed by atoms with Crippen LogP contribution in [0.2, 0.25) is 5.02 Å². The summed E-state index contributed by atoms with van der Waals surface area (Å²) in [6, 6.07) is 4.36. The van der Waals surface area contributed by atoms with E-state index in [1.807, 2.05) is 0 Å². The number of carbonyl (C=O) groups excluding carboxylic acids is 1. The van der Waals surface area contributed by atoms with E-state index in [4.69, 9.17) is 16.7 Å². The highest BCUT2D eigenvalue weighted by molar-refractivity contribution is 6.33. The molecule has 1 aromatic rings. The zero-order valence-electron chi connectivity index (χ0n) is 10.9. The number of hydrogen-bond donors (Lipinski definition) is 3. The fraction of sp³-hybridized carbons (Fsp3) is 0.385. The van der Waals surface area contributed by atoms with E-state index in [9.17, 15) is 9.59 Å². The Morgan fingerprint density at radius 2 is 2.05 bits per heavy atom. The Hall–Kier alpha value is -1.63. The first-order chi connectivity index (χ1) is 9.56. The molecular weight excluding hydrogens is 282 g/mol. The van der Waals surface area contributed by atoms with Crippen molar-refractivity contribution < 1.29 is 14.7 Å². The summed E-state index contributed by atoms with van der Waals surface area (Å²) in [6.07, 6.45) is 0. The predicted molar refractivity (Wildman–Crippen MR) is 76.4 cm³/mol. The average molecular weight is 298 g/mol. The lowest BCUT2D eigenvalue weighted by Crippen LogP contribution is -2.46. The summed E-state index contributed by atoms with van der Waals surface area (Å²) in [7, 11) is 0. The molecule has 0 unspecified atom stereocenters. The summed E-state index contributed by atoms with van der Waals surface area (Å²) >= 11 is 5.85. The molecule has 0 aliphatic carbocycles. The van der Waals surface area contributed by atoms with Gasteiger partial charge >= 0.3 is 5.97 Å². The third-order valence-electron chi connectivity index (χ3n) is 3.06. The number of aromatic carboxylic acids is 1. The number of carbonyl (C=O) groups is 2. The number of anilines is 1. The molecule has 0 atom stereocenters. The van der Waals surface area contributed by atoms with Crippen molar-refractivity contribution in [3.8, 4) is 0 Å². The van der Waals surface area contributed by atoms with E-state index in [-0.39, 0.29) is 16.5 Å². The van der Waals surface area contributed by atoms with Gasteiger partial charge in [0.25, 0.3) is 0 Å². The predicted octanol–water partition coefficient (Wildman–Crippen LogP) is 0.882. The molecule has 7 heteroatoms. The average Bonchev–Trinajstić information content (AvgIpc) is 2.39. The quantitative estimate of drug-likeness (QED) is 0.769. The van der Waals surface area contributed by atoms with Gasteiger partial charge in [0.15, 0.2) is 0 Å². The van der Waals surface area contributed by atoms with Crippen molar-refractivity contribution in [3.63, 3.8) is 0 Å². The number of nitrogens with zero attached hydrogens (tertiary/aromatic N) is 1. The van der Waals surface area contributed by atoms with Crippen LogP contribution in [0.3, 0.4) is 0 Å². The summed E-state index contributed by atoms with van der Waals surface area (Å²) < 4.78 is 0. The molecule has 1 aliphatic rings. The van der Waals surface area contributed by atoms with Crippen LogP contribution in [0.25, 0.3) is 0 Å². The van der Waals surface area contributed by atoms with Gasteiger partial charge in [0.2, 0.25) is 5.91 Å². The minimum Gasteiger partial charge on any atom is -0.478 e.